The van der Waals surface area contributed by atoms with Gasteiger partial charge in [-0.25, -0.2) is 4.98 Å². The van der Waals surface area contributed by atoms with Gasteiger partial charge in [0.15, 0.2) is 5.69 Å². The largest absolute Gasteiger partial charge is 0.348 e. The summed E-state index contributed by atoms with van der Waals surface area (Å²) in [7, 11) is 3.85. The SMILES string of the molecule is CN(C)CCNC(=O)c1nc(C(=O)Nc2ccc(Cl)cc2)c2ccccn12. The number of nitrogens with one attached hydrogen (secondary N) is 2. The number of carbonyl (C=O) groups is 2. The third kappa shape index (κ3) is 4.45. The van der Waals surface area contributed by atoms with Gasteiger partial charge >= 0.3 is 0 Å². The molecule has 0 aliphatic rings. The molecule has 2 amide bonds. The van der Waals surface area contributed by atoms with E-state index in [9.17, 15) is 9.59 Å². The van der Waals surface area contributed by atoms with Crippen LogP contribution in [-0.4, -0.2) is 53.3 Å². The number of anilines is 1. The van der Waals surface area contributed by atoms with E-state index in [0.717, 1.165) is 0 Å². The fourth-order valence-electron chi connectivity index (χ4n) is 2.56. The first-order valence-electron chi connectivity index (χ1n) is 8.42. The van der Waals surface area contributed by atoms with Crippen LogP contribution in [0.3, 0.4) is 0 Å². The minimum Gasteiger partial charge on any atom is -0.348 e. The fraction of sp³-hybridized carbons (Fsp3) is 0.211. The standard InChI is InChI=1S/C19H20ClN5O2/c1-24(2)12-10-21-19(27)17-23-16(15-5-3-4-11-25(15)17)18(26)22-14-8-6-13(20)7-9-14/h3-9,11H,10,12H2,1-2H3,(H,21,27)(H,22,26). The highest BCUT2D eigenvalue weighted by Crippen LogP contribution is 2.17. The molecule has 2 aromatic heterocycles. The van der Waals surface area contributed by atoms with Crippen molar-refractivity contribution in [2.75, 3.05) is 32.5 Å². The van der Waals surface area contributed by atoms with Crippen molar-refractivity contribution in [3.05, 3.63) is 65.2 Å². The van der Waals surface area contributed by atoms with Crippen LogP contribution in [0.4, 0.5) is 5.69 Å². The molecule has 0 aliphatic heterocycles. The normalized spacial score (nSPS) is 11.0. The van der Waals surface area contributed by atoms with Crippen molar-refractivity contribution in [2.24, 2.45) is 0 Å². The number of aromatic nitrogens is 2. The molecule has 2 N–H and O–H groups in total. The molecular formula is C19H20ClN5O2. The summed E-state index contributed by atoms with van der Waals surface area (Å²) in [6, 6.07) is 12.1. The van der Waals surface area contributed by atoms with Crippen molar-refractivity contribution < 1.29 is 9.59 Å². The maximum absolute atomic E-state index is 12.7. The minimum atomic E-state index is -0.395. The Labute approximate surface area is 162 Å². The number of fused-ring (bicyclic) bond motifs is 1. The molecular weight excluding hydrogens is 366 g/mol. The van der Waals surface area contributed by atoms with Gasteiger partial charge in [-0.3, -0.25) is 14.0 Å². The lowest BCUT2D eigenvalue weighted by molar-refractivity contribution is 0.0940. The number of halogens is 1. The molecule has 3 aromatic rings. The second-order valence-corrected chi connectivity index (χ2v) is 6.70. The first-order chi connectivity index (χ1) is 13.0. The number of amides is 2. The number of nitrogens with zero attached hydrogens (tertiary/aromatic N) is 3. The van der Waals surface area contributed by atoms with E-state index in [1.54, 1.807) is 53.1 Å². The Balaban J connectivity index is 1.86. The van der Waals surface area contributed by atoms with E-state index in [4.69, 9.17) is 11.6 Å². The van der Waals surface area contributed by atoms with Crippen LogP contribution in [0.15, 0.2) is 48.7 Å². The Kier molecular flexibility index (Phi) is 5.73. The number of carbonyl (C=O) groups excluding carboxylic acids is 2. The number of pyridine rings is 1. The van der Waals surface area contributed by atoms with E-state index in [1.807, 2.05) is 19.0 Å². The van der Waals surface area contributed by atoms with Crippen LogP contribution in [0.25, 0.3) is 5.52 Å². The number of likely N-dealkylation sites (N-methyl/N-ethyl adjacent to an activating group) is 1. The van der Waals surface area contributed by atoms with Gasteiger partial charge in [0.1, 0.15) is 0 Å². The first-order valence-corrected chi connectivity index (χ1v) is 8.80. The number of hydrogen-bond acceptors (Lipinski definition) is 4. The molecule has 0 unspecified atom stereocenters. The van der Waals surface area contributed by atoms with Gasteiger partial charge in [0, 0.05) is 30.0 Å². The Morgan fingerprint density at radius 3 is 2.56 bits per heavy atom. The van der Waals surface area contributed by atoms with Crippen LogP contribution in [0.1, 0.15) is 21.1 Å². The summed E-state index contributed by atoms with van der Waals surface area (Å²) in [5, 5.41) is 6.18. The maximum Gasteiger partial charge on any atom is 0.287 e. The van der Waals surface area contributed by atoms with Crippen molar-refractivity contribution in [3.8, 4) is 0 Å². The quantitative estimate of drug-likeness (QED) is 0.683. The van der Waals surface area contributed by atoms with Crippen molar-refractivity contribution in [1.82, 2.24) is 19.6 Å². The third-order valence-electron chi connectivity index (χ3n) is 3.91. The highest BCUT2D eigenvalue weighted by atomic mass is 35.5. The molecule has 0 saturated carbocycles. The summed E-state index contributed by atoms with van der Waals surface area (Å²) in [6.07, 6.45) is 1.71. The summed E-state index contributed by atoms with van der Waals surface area (Å²) in [6.45, 7) is 1.19. The highest BCUT2D eigenvalue weighted by molar-refractivity contribution is 6.30. The molecule has 0 radical (unpaired) electrons. The second-order valence-electron chi connectivity index (χ2n) is 6.26. The predicted octanol–water partition coefficient (Wildman–Crippen LogP) is 2.53. The fourth-order valence-corrected chi connectivity index (χ4v) is 2.69. The average Bonchev–Trinajstić information content (AvgIpc) is 3.03. The van der Waals surface area contributed by atoms with Gasteiger partial charge in [0.2, 0.25) is 5.82 Å². The molecule has 0 aliphatic carbocycles. The van der Waals surface area contributed by atoms with Crippen LogP contribution < -0.4 is 10.6 Å². The van der Waals surface area contributed by atoms with E-state index >= 15 is 0 Å². The van der Waals surface area contributed by atoms with Gasteiger partial charge < -0.3 is 15.5 Å². The molecule has 140 valence electrons. The van der Waals surface area contributed by atoms with Gasteiger partial charge in [0.05, 0.1) is 5.52 Å². The number of rotatable bonds is 6. The van der Waals surface area contributed by atoms with Crippen LogP contribution >= 0.6 is 11.6 Å². The predicted molar refractivity (Wildman–Crippen MR) is 105 cm³/mol. The Bertz CT molecular complexity index is 966. The summed E-state index contributed by atoms with van der Waals surface area (Å²) in [4.78, 5) is 31.5. The van der Waals surface area contributed by atoms with Gasteiger partial charge in [0.25, 0.3) is 11.8 Å². The van der Waals surface area contributed by atoms with Crippen molar-refractivity contribution in [3.63, 3.8) is 0 Å². The number of imidazole rings is 1. The van der Waals surface area contributed by atoms with Gasteiger partial charge in [-0.1, -0.05) is 17.7 Å². The summed E-state index contributed by atoms with van der Waals surface area (Å²) >= 11 is 5.87. The molecule has 0 fully saturated rings. The van der Waals surface area contributed by atoms with E-state index in [-0.39, 0.29) is 17.4 Å². The van der Waals surface area contributed by atoms with E-state index in [2.05, 4.69) is 15.6 Å². The van der Waals surface area contributed by atoms with Gasteiger partial charge in [-0.2, -0.15) is 0 Å². The van der Waals surface area contributed by atoms with Crippen molar-refractivity contribution in [2.45, 2.75) is 0 Å². The molecule has 27 heavy (non-hydrogen) atoms. The zero-order chi connectivity index (χ0) is 19.4. The van der Waals surface area contributed by atoms with E-state index in [1.165, 1.54) is 0 Å². The monoisotopic (exact) mass is 385 g/mol. The molecule has 0 atom stereocenters. The summed E-state index contributed by atoms with van der Waals surface area (Å²) in [5.41, 5.74) is 1.34. The molecule has 7 nitrogen and oxygen atoms in total. The van der Waals surface area contributed by atoms with Crippen molar-refractivity contribution in [1.29, 1.82) is 0 Å². The van der Waals surface area contributed by atoms with Crippen LogP contribution in [0.2, 0.25) is 5.02 Å². The molecule has 8 heteroatoms. The maximum atomic E-state index is 12.7. The van der Waals surface area contributed by atoms with Gasteiger partial charge in [-0.05, 0) is 50.5 Å². The third-order valence-corrected chi connectivity index (χ3v) is 4.17. The molecule has 0 saturated heterocycles. The molecule has 0 bridgehead atoms. The zero-order valence-corrected chi connectivity index (χ0v) is 15.8. The number of benzene rings is 1. The topological polar surface area (TPSA) is 78.7 Å². The average molecular weight is 386 g/mol. The Hall–Kier alpha value is -2.90. The smallest absolute Gasteiger partial charge is 0.287 e. The molecule has 0 spiro atoms. The van der Waals surface area contributed by atoms with E-state index < -0.39 is 5.91 Å². The van der Waals surface area contributed by atoms with Crippen LogP contribution in [0.5, 0.6) is 0 Å². The Morgan fingerprint density at radius 2 is 1.85 bits per heavy atom. The molecule has 2 heterocycles. The molecule has 3 rings (SSSR count). The lowest BCUT2D eigenvalue weighted by atomic mass is 10.3. The summed E-state index contributed by atoms with van der Waals surface area (Å²) in [5.74, 6) is -0.553. The first kappa shape index (κ1) is 18.9. The van der Waals surface area contributed by atoms with Crippen LogP contribution in [0, 0.1) is 0 Å². The Morgan fingerprint density at radius 1 is 1.11 bits per heavy atom. The minimum absolute atomic E-state index is 0.172. The number of hydrogen-bond donors (Lipinski definition) is 2. The van der Waals surface area contributed by atoms with Crippen LogP contribution in [-0.2, 0) is 0 Å². The van der Waals surface area contributed by atoms with E-state index in [0.29, 0.717) is 29.3 Å². The molecule has 1 aromatic carbocycles. The lowest BCUT2D eigenvalue weighted by Gasteiger charge is -2.09. The highest BCUT2D eigenvalue weighted by Gasteiger charge is 2.21. The zero-order valence-electron chi connectivity index (χ0n) is 15.1. The second kappa shape index (κ2) is 8.20. The van der Waals surface area contributed by atoms with Gasteiger partial charge in [-0.15, -0.1) is 0 Å². The lowest BCUT2D eigenvalue weighted by Crippen LogP contribution is -2.32. The summed E-state index contributed by atoms with van der Waals surface area (Å²) < 4.78 is 1.61. The van der Waals surface area contributed by atoms with Crippen molar-refractivity contribution >= 4 is 34.6 Å².